The molecule has 0 aromatic heterocycles. The second-order valence-electron chi connectivity index (χ2n) is 5.19. The van der Waals surface area contributed by atoms with Gasteiger partial charge in [-0.3, -0.25) is 0 Å². The Morgan fingerprint density at radius 3 is 2.28 bits per heavy atom. The van der Waals surface area contributed by atoms with Crippen molar-refractivity contribution in [2.45, 2.75) is 27.2 Å². The molecule has 4 N–H and O–H groups in total. The largest absolute Gasteiger partial charge is 0.496 e. The molecule has 1 atom stereocenters. The van der Waals surface area contributed by atoms with Gasteiger partial charge in [0.05, 0.1) is 7.11 Å². The Bertz CT molecular complexity index is 386. The minimum Gasteiger partial charge on any atom is -0.496 e. The lowest BCUT2D eigenvalue weighted by Gasteiger charge is -2.22. The molecule has 1 rings (SSSR count). The number of benzene rings is 1. The molecule has 102 valence electrons. The van der Waals surface area contributed by atoms with Crippen LogP contribution >= 0.6 is 0 Å². The van der Waals surface area contributed by atoms with Gasteiger partial charge in [-0.1, -0.05) is 24.6 Å². The minimum absolute atomic E-state index is 0.371. The van der Waals surface area contributed by atoms with E-state index in [1.807, 2.05) is 0 Å². The third-order valence-corrected chi connectivity index (χ3v) is 3.65. The Balaban J connectivity index is 2.96. The van der Waals surface area contributed by atoms with Gasteiger partial charge >= 0.3 is 0 Å². The maximum absolute atomic E-state index is 5.76. The molecule has 0 radical (unpaired) electrons. The first kappa shape index (κ1) is 15.0. The summed E-state index contributed by atoms with van der Waals surface area (Å²) in [5.41, 5.74) is 15.2. The Kier molecular flexibility index (Phi) is 5.63. The zero-order valence-electron chi connectivity index (χ0n) is 12.0. The zero-order chi connectivity index (χ0) is 13.7. The first-order valence-electron chi connectivity index (χ1n) is 6.57. The summed E-state index contributed by atoms with van der Waals surface area (Å²) >= 11 is 0. The number of rotatable bonds is 6. The smallest absolute Gasteiger partial charge is 0.124 e. The van der Waals surface area contributed by atoms with Crippen molar-refractivity contribution in [2.24, 2.45) is 23.3 Å². The highest BCUT2D eigenvalue weighted by Crippen LogP contribution is 2.28. The number of methoxy groups -OCH3 is 1. The molecule has 0 bridgehead atoms. The van der Waals surface area contributed by atoms with Crippen molar-refractivity contribution in [3.05, 3.63) is 28.8 Å². The van der Waals surface area contributed by atoms with Gasteiger partial charge in [0.15, 0.2) is 0 Å². The molecule has 0 saturated carbocycles. The van der Waals surface area contributed by atoms with E-state index in [1.54, 1.807) is 7.11 Å². The van der Waals surface area contributed by atoms with Gasteiger partial charge in [-0.15, -0.1) is 0 Å². The summed E-state index contributed by atoms with van der Waals surface area (Å²) in [5.74, 6) is 1.84. The molecule has 3 nitrogen and oxygen atoms in total. The van der Waals surface area contributed by atoms with E-state index in [2.05, 4.69) is 32.9 Å². The minimum atomic E-state index is 0.371. The molecule has 1 aromatic rings. The molecule has 0 aliphatic heterocycles. The van der Waals surface area contributed by atoms with Gasteiger partial charge in [-0.2, -0.15) is 0 Å². The van der Waals surface area contributed by atoms with E-state index in [-0.39, 0.29) is 0 Å². The summed E-state index contributed by atoms with van der Waals surface area (Å²) in [7, 11) is 1.73. The normalized spacial score (nSPS) is 12.8. The average Bonchev–Trinajstić information content (AvgIpc) is 2.30. The molecule has 0 saturated heterocycles. The van der Waals surface area contributed by atoms with Crippen LogP contribution in [0.1, 0.15) is 23.6 Å². The number of ether oxygens (including phenoxy) is 1. The van der Waals surface area contributed by atoms with Crippen molar-refractivity contribution < 1.29 is 4.74 Å². The number of hydrogen-bond acceptors (Lipinski definition) is 3. The van der Waals surface area contributed by atoms with Crippen molar-refractivity contribution in [2.75, 3.05) is 20.2 Å². The lowest BCUT2D eigenvalue weighted by atomic mass is 9.87. The fourth-order valence-corrected chi connectivity index (χ4v) is 2.56. The quantitative estimate of drug-likeness (QED) is 0.812. The molecule has 0 heterocycles. The Morgan fingerprint density at radius 2 is 1.78 bits per heavy atom. The highest BCUT2D eigenvalue weighted by molar-refractivity contribution is 5.44. The van der Waals surface area contributed by atoms with Crippen LogP contribution < -0.4 is 16.2 Å². The topological polar surface area (TPSA) is 61.3 Å². The molecule has 1 aromatic carbocycles. The fourth-order valence-electron chi connectivity index (χ4n) is 2.56. The van der Waals surface area contributed by atoms with Crippen LogP contribution in [-0.4, -0.2) is 20.2 Å². The third kappa shape index (κ3) is 3.47. The van der Waals surface area contributed by atoms with Crippen molar-refractivity contribution in [1.29, 1.82) is 0 Å². The average molecular weight is 250 g/mol. The molecule has 1 unspecified atom stereocenters. The molecule has 0 spiro atoms. The molecular formula is C15H26N2O. The molecule has 0 amide bonds. The number of aryl methyl sites for hydroxylation is 2. The number of nitrogens with two attached hydrogens (primary N) is 2. The predicted octanol–water partition coefficient (Wildman–Crippen LogP) is 2.02. The lowest BCUT2D eigenvalue weighted by Crippen LogP contribution is -2.30. The monoisotopic (exact) mass is 250 g/mol. The van der Waals surface area contributed by atoms with Gasteiger partial charge in [0.2, 0.25) is 0 Å². The SMILES string of the molecule is COc1c(C)cc(C)cc1CC(C)C(CN)CN. The molecule has 0 aliphatic carbocycles. The van der Waals surface area contributed by atoms with E-state index in [1.165, 1.54) is 16.7 Å². The standard InChI is InChI=1S/C15H26N2O/c1-10-5-12(3)15(18-4)13(6-10)7-11(2)14(8-16)9-17/h5-6,11,14H,7-9,16-17H2,1-4H3. The Labute approximate surface area is 111 Å². The van der Waals surface area contributed by atoms with Crippen LogP contribution in [0.3, 0.4) is 0 Å². The van der Waals surface area contributed by atoms with Crippen molar-refractivity contribution in [1.82, 2.24) is 0 Å². The van der Waals surface area contributed by atoms with Crippen LogP contribution in [0.2, 0.25) is 0 Å². The van der Waals surface area contributed by atoms with Crippen molar-refractivity contribution in [3.63, 3.8) is 0 Å². The van der Waals surface area contributed by atoms with Gasteiger partial charge in [0.25, 0.3) is 0 Å². The van der Waals surface area contributed by atoms with Gasteiger partial charge in [-0.25, -0.2) is 0 Å². The first-order valence-corrected chi connectivity index (χ1v) is 6.57. The molecule has 0 fully saturated rings. The summed E-state index contributed by atoms with van der Waals surface area (Å²) in [6.45, 7) is 7.70. The number of hydrogen-bond donors (Lipinski definition) is 2. The summed E-state index contributed by atoms with van der Waals surface area (Å²) < 4.78 is 5.52. The fraction of sp³-hybridized carbons (Fsp3) is 0.600. The van der Waals surface area contributed by atoms with E-state index >= 15 is 0 Å². The van der Waals surface area contributed by atoms with Gasteiger partial charge < -0.3 is 16.2 Å². The van der Waals surface area contributed by atoms with Crippen LogP contribution in [0.4, 0.5) is 0 Å². The maximum atomic E-state index is 5.76. The summed E-state index contributed by atoms with van der Waals surface area (Å²) in [6, 6.07) is 4.35. The van der Waals surface area contributed by atoms with E-state index < -0.39 is 0 Å². The van der Waals surface area contributed by atoms with Gasteiger partial charge in [-0.05, 0) is 56.3 Å². The van der Waals surface area contributed by atoms with E-state index in [9.17, 15) is 0 Å². The summed E-state index contributed by atoms with van der Waals surface area (Å²) in [6.07, 6.45) is 0.963. The first-order chi connectivity index (χ1) is 8.53. The summed E-state index contributed by atoms with van der Waals surface area (Å²) in [5, 5.41) is 0. The third-order valence-electron chi connectivity index (χ3n) is 3.65. The maximum Gasteiger partial charge on any atom is 0.124 e. The summed E-state index contributed by atoms with van der Waals surface area (Å²) in [4.78, 5) is 0. The van der Waals surface area contributed by atoms with Gasteiger partial charge in [0, 0.05) is 0 Å². The molecule has 18 heavy (non-hydrogen) atoms. The van der Waals surface area contributed by atoms with Gasteiger partial charge in [0.1, 0.15) is 5.75 Å². The molecule has 3 heteroatoms. The molecule has 0 aliphatic rings. The predicted molar refractivity (Wildman–Crippen MR) is 76.9 cm³/mol. The van der Waals surface area contributed by atoms with E-state index in [0.29, 0.717) is 24.9 Å². The zero-order valence-corrected chi connectivity index (χ0v) is 12.0. The van der Waals surface area contributed by atoms with Crippen LogP contribution in [0.25, 0.3) is 0 Å². The van der Waals surface area contributed by atoms with Crippen LogP contribution in [0, 0.1) is 25.7 Å². The van der Waals surface area contributed by atoms with E-state index in [0.717, 1.165) is 12.2 Å². The second-order valence-corrected chi connectivity index (χ2v) is 5.19. The second kappa shape index (κ2) is 6.76. The lowest BCUT2D eigenvalue weighted by molar-refractivity contribution is 0.359. The van der Waals surface area contributed by atoms with Crippen molar-refractivity contribution >= 4 is 0 Å². The highest BCUT2D eigenvalue weighted by Gasteiger charge is 2.17. The van der Waals surface area contributed by atoms with Crippen molar-refractivity contribution in [3.8, 4) is 5.75 Å². The van der Waals surface area contributed by atoms with E-state index in [4.69, 9.17) is 16.2 Å². The molecular weight excluding hydrogens is 224 g/mol. The Hall–Kier alpha value is -1.06. The van der Waals surface area contributed by atoms with Crippen LogP contribution in [0.15, 0.2) is 12.1 Å². The van der Waals surface area contributed by atoms with Crippen LogP contribution in [-0.2, 0) is 6.42 Å². The van der Waals surface area contributed by atoms with Crippen LogP contribution in [0.5, 0.6) is 5.75 Å². The highest BCUT2D eigenvalue weighted by atomic mass is 16.5. The Morgan fingerprint density at radius 1 is 1.17 bits per heavy atom.